The number of hydrogen-bond acceptors (Lipinski definition) is 5. The van der Waals surface area contributed by atoms with E-state index in [1.165, 1.54) is 23.5 Å². The predicted molar refractivity (Wildman–Crippen MR) is 111 cm³/mol. The quantitative estimate of drug-likeness (QED) is 0.339. The number of benzene rings is 2. The van der Waals surface area contributed by atoms with Crippen LogP contribution in [0.2, 0.25) is 0 Å². The zero-order valence-electron chi connectivity index (χ0n) is 15.7. The van der Waals surface area contributed by atoms with Crippen molar-refractivity contribution in [1.29, 1.82) is 0 Å². The molecule has 5 nitrogen and oxygen atoms in total. The highest BCUT2D eigenvalue weighted by atomic mass is 32.1. The van der Waals surface area contributed by atoms with E-state index in [0.29, 0.717) is 27.1 Å². The van der Waals surface area contributed by atoms with Crippen molar-refractivity contribution in [3.05, 3.63) is 93.4 Å². The fourth-order valence-corrected chi connectivity index (χ4v) is 3.87. The fraction of sp³-hybridized carbons (Fsp3) is 0.0870. The number of thiophene rings is 1. The third-order valence-corrected chi connectivity index (χ3v) is 5.52. The molecule has 2 amide bonds. The van der Waals surface area contributed by atoms with E-state index in [-0.39, 0.29) is 19.0 Å². The molecule has 0 spiro atoms. The number of imide groups is 1. The molecule has 3 aromatic rings. The summed E-state index contributed by atoms with van der Waals surface area (Å²) >= 11 is 1.37. The molecule has 0 unspecified atom stereocenters. The van der Waals surface area contributed by atoms with Gasteiger partial charge in [0.15, 0.2) is 0 Å². The molecule has 0 saturated heterocycles. The summed E-state index contributed by atoms with van der Waals surface area (Å²) in [7, 11) is 0. The Morgan fingerprint density at radius 2 is 1.63 bits per heavy atom. The van der Waals surface area contributed by atoms with Crippen molar-refractivity contribution in [1.82, 2.24) is 4.90 Å². The normalized spacial score (nSPS) is 13.5. The number of ether oxygens (including phenoxy) is 1. The number of amides is 2. The van der Waals surface area contributed by atoms with Crippen LogP contribution >= 0.6 is 11.3 Å². The third-order valence-electron chi connectivity index (χ3n) is 4.61. The number of carbonyl (C=O) groups is 3. The number of carbonyl (C=O) groups excluding carboxylic acids is 3. The Balaban J connectivity index is 1.46. The molecule has 7 heteroatoms. The van der Waals surface area contributed by atoms with Crippen LogP contribution in [0.5, 0.6) is 0 Å². The summed E-state index contributed by atoms with van der Waals surface area (Å²) in [6, 6.07) is 15.9. The van der Waals surface area contributed by atoms with Crippen LogP contribution in [-0.2, 0) is 9.53 Å². The minimum Gasteiger partial charge on any atom is -0.460 e. The molecular weight excluding hydrogens is 405 g/mol. The fourth-order valence-electron chi connectivity index (χ4n) is 3.14. The summed E-state index contributed by atoms with van der Waals surface area (Å²) in [6.45, 7) is -0.164. The summed E-state index contributed by atoms with van der Waals surface area (Å²) < 4.78 is 18.5. The largest absolute Gasteiger partial charge is 0.460 e. The van der Waals surface area contributed by atoms with Crippen molar-refractivity contribution in [2.75, 3.05) is 13.2 Å². The zero-order valence-corrected chi connectivity index (χ0v) is 16.5. The maximum Gasteiger partial charge on any atom is 0.339 e. The summed E-state index contributed by atoms with van der Waals surface area (Å²) in [4.78, 5) is 39.3. The molecule has 150 valence electrons. The molecule has 0 radical (unpaired) electrons. The first-order chi connectivity index (χ1) is 14.5. The Morgan fingerprint density at radius 1 is 0.967 bits per heavy atom. The second-order valence-electron chi connectivity index (χ2n) is 6.53. The molecule has 4 rings (SSSR count). The summed E-state index contributed by atoms with van der Waals surface area (Å²) in [5, 5.41) is 1.83. The van der Waals surface area contributed by atoms with Gasteiger partial charge in [0.25, 0.3) is 11.8 Å². The lowest BCUT2D eigenvalue weighted by Crippen LogP contribution is -2.33. The van der Waals surface area contributed by atoms with Gasteiger partial charge in [-0.05, 0) is 47.4 Å². The van der Waals surface area contributed by atoms with Gasteiger partial charge >= 0.3 is 5.97 Å². The molecule has 0 aliphatic carbocycles. The van der Waals surface area contributed by atoms with Gasteiger partial charge < -0.3 is 4.74 Å². The minimum atomic E-state index is -0.585. The molecule has 0 N–H and O–H groups in total. The zero-order chi connectivity index (χ0) is 21.1. The van der Waals surface area contributed by atoms with E-state index in [0.717, 1.165) is 4.90 Å². The van der Waals surface area contributed by atoms with E-state index in [1.54, 1.807) is 48.5 Å². The Hall–Kier alpha value is -3.58. The average molecular weight is 421 g/mol. The predicted octanol–water partition coefficient (Wildman–Crippen LogP) is 4.27. The highest BCUT2D eigenvalue weighted by molar-refractivity contribution is 7.11. The SMILES string of the molecule is O=C(OCCN1C(=O)c2ccccc2C1=O)C(=Cc1ccc(F)cc1)c1cccs1. The highest BCUT2D eigenvalue weighted by Gasteiger charge is 2.34. The first-order valence-corrected chi connectivity index (χ1v) is 10.1. The molecule has 0 saturated carbocycles. The monoisotopic (exact) mass is 421 g/mol. The number of rotatable bonds is 6. The molecule has 2 aromatic carbocycles. The van der Waals surface area contributed by atoms with Crippen molar-refractivity contribution >= 4 is 40.8 Å². The molecule has 0 bridgehead atoms. The van der Waals surface area contributed by atoms with Gasteiger partial charge in [0.1, 0.15) is 12.4 Å². The number of fused-ring (bicyclic) bond motifs is 1. The number of nitrogens with zero attached hydrogens (tertiary/aromatic N) is 1. The van der Waals surface area contributed by atoms with Crippen LogP contribution in [0.1, 0.15) is 31.2 Å². The molecule has 1 aliphatic rings. The maximum absolute atomic E-state index is 13.2. The standard InChI is InChI=1S/C23H16FNO4S/c24-16-9-7-15(8-10-16)14-19(20-6-3-13-30-20)23(28)29-12-11-25-21(26)17-4-1-2-5-18(17)22(25)27/h1-10,13-14H,11-12H2. The maximum atomic E-state index is 13.2. The van der Waals surface area contributed by atoms with Gasteiger partial charge in [-0.25, -0.2) is 9.18 Å². The lowest BCUT2D eigenvalue weighted by Gasteiger charge is -2.14. The van der Waals surface area contributed by atoms with Crippen molar-refractivity contribution in [2.45, 2.75) is 0 Å². The van der Waals surface area contributed by atoms with Crippen molar-refractivity contribution in [2.24, 2.45) is 0 Å². The van der Waals surface area contributed by atoms with Gasteiger partial charge in [-0.2, -0.15) is 0 Å². The molecule has 0 fully saturated rings. The second-order valence-corrected chi connectivity index (χ2v) is 7.48. The molecule has 1 aromatic heterocycles. The van der Waals surface area contributed by atoms with Gasteiger partial charge in [-0.3, -0.25) is 14.5 Å². The van der Waals surface area contributed by atoms with E-state index < -0.39 is 17.8 Å². The minimum absolute atomic E-state index is 0.0354. The summed E-state index contributed by atoms with van der Waals surface area (Å²) in [5.41, 5.74) is 1.67. The first kappa shape index (κ1) is 19.7. The van der Waals surface area contributed by atoms with Crippen LogP contribution < -0.4 is 0 Å². The van der Waals surface area contributed by atoms with Crippen LogP contribution in [0.4, 0.5) is 4.39 Å². The molecule has 1 aliphatic heterocycles. The Kier molecular flexibility index (Phi) is 5.54. The van der Waals surface area contributed by atoms with E-state index in [1.807, 2.05) is 11.4 Å². The van der Waals surface area contributed by atoms with Crippen LogP contribution in [-0.4, -0.2) is 35.8 Å². The van der Waals surface area contributed by atoms with Gasteiger partial charge in [0.2, 0.25) is 0 Å². The molecule has 30 heavy (non-hydrogen) atoms. The smallest absolute Gasteiger partial charge is 0.339 e. The lowest BCUT2D eigenvalue weighted by atomic mass is 10.1. The van der Waals surface area contributed by atoms with Gasteiger partial charge in [-0.1, -0.05) is 30.3 Å². The number of hydrogen-bond donors (Lipinski definition) is 0. The average Bonchev–Trinajstić information content (AvgIpc) is 3.37. The van der Waals surface area contributed by atoms with E-state index in [4.69, 9.17) is 4.74 Å². The van der Waals surface area contributed by atoms with Gasteiger partial charge in [0, 0.05) is 4.88 Å². The Bertz CT molecular complexity index is 1100. The van der Waals surface area contributed by atoms with Crippen LogP contribution in [0, 0.1) is 5.82 Å². The van der Waals surface area contributed by atoms with Crippen molar-refractivity contribution in [3.63, 3.8) is 0 Å². The van der Waals surface area contributed by atoms with Crippen LogP contribution in [0.3, 0.4) is 0 Å². The van der Waals surface area contributed by atoms with Gasteiger partial charge in [-0.15, -0.1) is 11.3 Å². The first-order valence-electron chi connectivity index (χ1n) is 9.18. The topological polar surface area (TPSA) is 63.7 Å². The highest BCUT2D eigenvalue weighted by Crippen LogP contribution is 2.25. The Labute approximate surface area is 176 Å². The Morgan fingerprint density at radius 3 is 2.23 bits per heavy atom. The van der Waals surface area contributed by atoms with Gasteiger partial charge in [0.05, 0.1) is 23.2 Å². The van der Waals surface area contributed by atoms with E-state index >= 15 is 0 Å². The number of esters is 1. The number of halogens is 1. The van der Waals surface area contributed by atoms with E-state index in [2.05, 4.69) is 0 Å². The molecule has 0 atom stereocenters. The van der Waals surface area contributed by atoms with Crippen LogP contribution in [0.25, 0.3) is 11.6 Å². The molecular formula is C23H16FNO4S. The van der Waals surface area contributed by atoms with Crippen molar-refractivity contribution < 1.29 is 23.5 Å². The lowest BCUT2D eigenvalue weighted by molar-refractivity contribution is -0.136. The third kappa shape index (κ3) is 3.92. The summed E-state index contributed by atoms with van der Waals surface area (Å²) in [6.07, 6.45) is 1.62. The van der Waals surface area contributed by atoms with Crippen LogP contribution in [0.15, 0.2) is 66.0 Å². The molecule has 2 heterocycles. The second kappa shape index (κ2) is 8.42. The van der Waals surface area contributed by atoms with E-state index in [9.17, 15) is 18.8 Å². The summed E-state index contributed by atoms with van der Waals surface area (Å²) in [5.74, 6) is -1.74. The van der Waals surface area contributed by atoms with Crippen molar-refractivity contribution in [3.8, 4) is 0 Å².